The highest BCUT2D eigenvalue weighted by molar-refractivity contribution is 5.85. The molecule has 0 aliphatic carbocycles. The molecule has 13 nitrogen and oxygen atoms in total. The predicted octanol–water partition coefficient (Wildman–Crippen LogP) is 8.22. The van der Waals surface area contributed by atoms with Crippen molar-refractivity contribution in [1.82, 2.24) is 40.0 Å². The van der Waals surface area contributed by atoms with Crippen molar-refractivity contribution in [3.05, 3.63) is 138 Å². The Labute approximate surface area is 362 Å². The fraction of sp³-hybridized carbons (Fsp3) is 0.327. The van der Waals surface area contributed by atoms with E-state index in [1.165, 1.54) is 7.05 Å². The summed E-state index contributed by atoms with van der Waals surface area (Å²) in [5.41, 5.74) is 7.64. The summed E-state index contributed by atoms with van der Waals surface area (Å²) in [6.45, 7) is 7.01. The van der Waals surface area contributed by atoms with E-state index in [1.807, 2.05) is 29.3 Å². The number of imidazole rings is 2. The van der Waals surface area contributed by atoms with Gasteiger partial charge in [0.05, 0.1) is 35.9 Å². The van der Waals surface area contributed by atoms with Gasteiger partial charge in [-0.15, -0.1) is 0 Å². The number of benzene rings is 4. The summed E-state index contributed by atoms with van der Waals surface area (Å²) in [6, 6.07) is 32.6. The number of ether oxygens (including phenoxy) is 1. The number of H-pyrrole nitrogens is 2. The summed E-state index contributed by atoms with van der Waals surface area (Å²) in [5.74, 6) is 1.45. The third kappa shape index (κ3) is 8.99. The van der Waals surface area contributed by atoms with Crippen LogP contribution >= 0.6 is 0 Å². The van der Waals surface area contributed by atoms with Crippen LogP contribution < -0.4 is 5.32 Å². The van der Waals surface area contributed by atoms with Gasteiger partial charge in [-0.25, -0.2) is 14.8 Å². The molecular formula is C49H54N8O5. The van der Waals surface area contributed by atoms with Gasteiger partial charge in [-0.05, 0) is 84.3 Å². The predicted molar refractivity (Wildman–Crippen MR) is 238 cm³/mol. The van der Waals surface area contributed by atoms with Crippen molar-refractivity contribution in [3.63, 3.8) is 0 Å². The average molecular weight is 835 g/mol. The molecule has 4 N–H and O–H groups in total. The maximum Gasteiger partial charge on any atom is 0.407 e. The molecule has 8 rings (SSSR count). The SMILES string of the molecule is CCN(CC)[C@@H](C(=O)N1CCC[C@H]1c1ncc(-c2ccc(-c3ccc(-c4cnc([C@@H]5CCCN5C(=O)[C@H](Cc5ccc(O)cc5)OC(=O)NC)[nH]4)cc3)cc2)[nH]1)c1ccccc1. The van der Waals surface area contributed by atoms with Crippen LogP contribution in [-0.4, -0.2) is 97.0 Å². The minimum absolute atomic E-state index is 0.105. The Balaban J connectivity index is 0.923. The summed E-state index contributed by atoms with van der Waals surface area (Å²) in [4.78, 5) is 62.9. The molecule has 2 aromatic heterocycles. The molecule has 2 fully saturated rings. The molecular weight excluding hydrogens is 781 g/mol. The molecule has 2 aliphatic heterocycles. The number of hydrogen-bond acceptors (Lipinski definition) is 8. The molecule has 320 valence electrons. The Morgan fingerprint density at radius 3 is 1.73 bits per heavy atom. The van der Waals surface area contributed by atoms with Crippen molar-refractivity contribution < 1.29 is 24.2 Å². The first-order valence-corrected chi connectivity index (χ1v) is 21.6. The molecule has 4 aromatic carbocycles. The van der Waals surface area contributed by atoms with Crippen LogP contribution in [0, 0.1) is 0 Å². The number of aromatic hydroxyl groups is 1. The van der Waals surface area contributed by atoms with Crippen LogP contribution in [0.15, 0.2) is 116 Å². The number of rotatable bonds is 14. The first-order chi connectivity index (χ1) is 30.2. The molecule has 4 atom stereocenters. The van der Waals surface area contributed by atoms with Gasteiger partial charge in [-0.1, -0.05) is 105 Å². The van der Waals surface area contributed by atoms with Crippen LogP contribution in [-0.2, 0) is 20.7 Å². The van der Waals surface area contributed by atoms with Crippen molar-refractivity contribution in [2.24, 2.45) is 0 Å². The van der Waals surface area contributed by atoms with E-state index in [-0.39, 0.29) is 42.1 Å². The lowest BCUT2D eigenvalue weighted by Gasteiger charge is -2.34. The van der Waals surface area contributed by atoms with E-state index >= 15 is 0 Å². The number of aromatic amines is 2. The summed E-state index contributed by atoms with van der Waals surface area (Å²) in [7, 11) is 1.46. The number of phenols is 1. The highest BCUT2D eigenvalue weighted by Gasteiger charge is 2.39. The van der Waals surface area contributed by atoms with E-state index < -0.39 is 12.2 Å². The van der Waals surface area contributed by atoms with Crippen molar-refractivity contribution >= 4 is 17.9 Å². The van der Waals surface area contributed by atoms with Crippen LogP contribution in [0.1, 0.15) is 80.4 Å². The normalized spacial score (nSPS) is 17.3. The van der Waals surface area contributed by atoms with Gasteiger partial charge in [0.25, 0.3) is 5.91 Å². The molecule has 0 radical (unpaired) electrons. The minimum Gasteiger partial charge on any atom is -0.508 e. The van der Waals surface area contributed by atoms with Gasteiger partial charge >= 0.3 is 6.09 Å². The van der Waals surface area contributed by atoms with Crippen molar-refractivity contribution in [3.8, 4) is 39.4 Å². The Morgan fingerprint density at radius 2 is 1.23 bits per heavy atom. The second kappa shape index (κ2) is 18.9. The third-order valence-corrected chi connectivity index (χ3v) is 12.2. The Kier molecular flexibility index (Phi) is 12.8. The zero-order valence-corrected chi connectivity index (χ0v) is 35.5. The summed E-state index contributed by atoms with van der Waals surface area (Å²) >= 11 is 0. The van der Waals surface area contributed by atoms with Gasteiger partial charge < -0.3 is 34.9 Å². The summed E-state index contributed by atoms with van der Waals surface area (Å²) < 4.78 is 5.55. The second-order valence-corrected chi connectivity index (χ2v) is 15.9. The molecule has 0 saturated carbocycles. The molecule has 62 heavy (non-hydrogen) atoms. The van der Waals surface area contributed by atoms with Crippen LogP contribution in [0.5, 0.6) is 5.75 Å². The minimum atomic E-state index is -1.04. The largest absolute Gasteiger partial charge is 0.508 e. The van der Waals surface area contributed by atoms with Crippen molar-refractivity contribution in [2.75, 3.05) is 33.2 Å². The maximum absolute atomic E-state index is 14.2. The van der Waals surface area contributed by atoms with Gasteiger partial charge in [0.15, 0.2) is 6.10 Å². The van der Waals surface area contributed by atoms with Gasteiger partial charge in [0, 0.05) is 26.6 Å². The number of aromatic nitrogens is 4. The smallest absolute Gasteiger partial charge is 0.407 e. The van der Waals surface area contributed by atoms with E-state index in [1.54, 1.807) is 35.4 Å². The number of phenolic OH excluding ortho intramolecular Hbond substituents is 1. The first kappa shape index (κ1) is 42.0. The Morgan fingerprint density at radius 1 is 0.726 bits per heavy atom. The summed E-state index contributed by atoms with van der Waals surface area (Å²) in [6.07, 6.45) is 5.43. The maximum atomic E-state index is 14.2. The number of nitrogens with one attached hydrogen (secondary N) is 3. The highest BCUT2D eigenvalue weighted by atomic mass is 16.6. The standard InChI is InChI=1S/C49H54N8O5/c1-4-55(5-2)44(37-11-7-6-8-12-37)48(60)57-28-10-14-42(57)46-52-31-40(54-46)36-23-19-34(20-24-36)33-17-21-35(22-18-33)39-30-51-45(53-39)41-13-9-27-56(41)47(59)43(62-49(61)50-3)29-32-15-25-38(58)26-16-32/h6-8,11-12,15-26,30-31,41-44,58H,4-5,9-10,13-14,27-29H2,1-3H3,(H,50,61)(H,51,53)(H,52,54)/t41-,42-,43-,44+/m0/s1. The molecule has 4 heterocycles. The molecule has 0 unspecified atom stereocenters. The lowest BCUT2D eigenvalue weighted by atomic mass is 10.0. The zero-order chi connectivity index (χ0) is 43.2. The molecule has 3 amide bonds. The van der Waals surface area contributed by atoms with Crippen LogP contribution in [0.25, 0.3) is 33.6 Å². The number of carbonyl (C=O) groups excluding carboxylic acids is 3. The van der Waals surface area contributed by atoms with E-state index in [0.29, 0.717) is 18.9 Å². The Hall–Kier alpha value is -6.73. The Bertz CT molecular complexity index is 2440. The number of carbonyl (C=O) groups is 3. The van der Waals surface area contributed by atoms with Gasteiger partial charge in [-0.3, -0.25) is 14.5 Å². The topological polar surface area (TPSA) is 160 Å². The third-order valence-electron chi connectivity index (χ3n) is 12.2. The van der Waals surface area contributed by atoms with E-state index in [2.05, 4.69) is 94.7 Å². The van der Waals surface area contributed by atoms with E-state index in [0.717, 1.165) is 89.4 Å². The van der Waals surface area contributed by atoms with Crippen LogP contribution in [0.4, 0.5) is 4.79 Å². The molecule has 6 aromatic rings. The van der Waals surface area contributed by atoms with Crippen molar-refractivity contribution in [1.29, 1.82) is 0 Å². The van der Waals surface area contributed by atoms with E-state index in [4.69, 9.17) is 14.7 Å². The molecule has 2 aliphatic rings. The quantitative estimate of drug-likeness (QED) is 0.0855. The molecule has 0 spiro atoms. The van der Waals surface area contributed by atoms with Gasteiger partial charge in [0.2, 0.25) is 5.91 Å². The lowest BCUT2D eigenvalue weighted by molar-refractivity contribution is -0.141. The van der Waals surface area contributed by atoms with Gasteiger partial charge in [0.1, 0.15) is 23.4 Å². The zero-order valence-electron chi connectivity index (χ0n) is 35.5. The number of likely N-dealkylation sites (N-methyl/N-ethyl adjacent to an activating group) is 1. The molecule has 13 heteroatoms. The first-order valence-electron chi connectivity index (χ1n) is 21.6. The van der Waals surface area contributed by atoms with Crippen molar-refractivity contribution in [2.45, 2.75) is 70.2 Å². The van der Waals surface area contributed by atoms with Gasteiger partial charge in [-0.2, -0.15) is 0 Å². The van der Waals surface area contributed by atoms with E-state index in [9.17, 15) is 19.5 Å². The monoisotopic (exact) mass is 834 g/mol. The fourth-order valence-corrected chi connectivity index (χ4v) is 8.91. The lowest BCUT2D eigenvalue weighted by Crippen LogP contribution is -2.43. The molecule has 2 saturated heterocycles. The number of likely N-dealkylation sites (tertiary alicyclic amines) is 2. The number of nitrogens with zero attached hydrogens (tertiary/aromatic N) is 5. The number of hydrogen-bond donors (Lipinski definition) is 4. The fourth-order valence-electron chi connectivity index (χ4n) is 8.91. The average Bonchev–Trinajstić information content (AvgIpc) is 4.16. The summed E-state index contributed by atoms with van der Waals surface area (Å²) in [5, 5.41) is 12.2. The number of alkyl carbamates (subject to hydrolysis) is 1. The number of amides is 3. The highest BCUT2D eigenvalue weighted by Crippen LogP contribution is 2.37. The van der Waals surface area contributed by atoms with Crippen LogP contribution in [0.3, 0.4) is 0 Å². The van der Waals surface area contributed by atoms with Crippen LogP contribution in [0.2, 0.25) is 0 Å². The second-order valence-electron chi connectivity index (χ2n) is 15.9. The molecule has 0 bridgehead atoms.